The number of imidazole rings is 1. The van der Waals surface area contributed by atoms with Gasteiger partial charge in [0.15, 0.2) is 0 Å². The molecule has 1 amide bonds. The zero-order chi connectivity index (χ0) is 19.4. The molecule has 0 saturated heterocycles. The number of rotatable bonds is 6. The number of aliphatic hydroxyl groups excluding tert-OH is 1. The summed E-state index contributed by atoms with van der Waals surface area (Å²) in [6.07, 6.45) is 4.50. The van der Waals surface area contributed by atoms with Crippen LogP contribution in [0.4, 0.5) is 4.79 Å². The third-order valence-corrected chi connectivity index (χ3v) is 4.29. The highest BCUT2D eigenvalue weighted by Crippen LogP contribution is 2.26. The minimum absolute atomic E-state index is 0.00541. The molecule has 2 heterocycles. The Labute approximate surface area is 158 Å². The number of para-hydroxylation sites is 1. The van der Waals surface area contributed by atoms with Crippen LogP contribution in [0.1, 0.15) is 39.7 Å². The van der Waals surface area contributed by atoms with Crippen molar-refractivity contribution in [1.82, 2.24) is 19.9 Å². The van der Waals surface area contributed by atoms with Crippen molar-refractivity contribution in [3.8, 4) is 0 Å². The Hall–Kier alpha value is -2.67. The SMILES string of the molecule is CC(C)(C)OC(=O)NCCC[C@@H](CO)n1cnc2cnc3ccccc3c21. The van der Waals surface area contributed by atoms with Crippen molar-refractivity contribution in [2.45, 2.75) is 45.3 Å². The summed E-state index contributed by atoms with van der Waals surface area (Å²) in [6.45, 7) is 5.97. The number of nitrogens with zero attached hydrogens (tertiary/aromatic N) is 3. The quantitative estimate of drug-likeness (QED) is 0.649. The first kappa shape index (κ1) is 19.1. The topological polar surface area (TPSA) is 89.3 Å². The molecule has 3 aromatic rings. The Morgan fingerprint density at radius 2 is 2.04 bits per heavy atom. The Morgan fingerprint density at radius 3 is 2.78 bits per heavy atom. The molecule has 2 aromatic heterocycles. The number of fused-ring (bicyclic) bond motifs is 3. The van der Waals surface area contributed by atoms with E-state index in [4.69, 9.17) is 4.74 Å². The van der Waals surface area contributed by atoms with E-state index in [1.54, 1.807) is 12.5 Å². The van der Waals surface area contributed by atoms with Gasteiger partial charge in [0.05, 0.1) is 36.2 Å². The molecule has 0 aliphatic heterocycles. The van der Waals surface area contributed by atoms with Crippen molar-refractivity contribution >= 4 is 28.0 Å². The smallest absolute Gasteiger partial charge is 0.407 e. The number of hydrogen-bond acceptors (Lipinski definition) is 5. The molecule has 0 spiro atoms. The van der Waals surface area contributed by atoms with Crippen LogP contribution in [0, 0.1) is 0 Å². The molecule has 0 bridgehead atoms. The highest BCUT2D eigenvalue weighted by molar-refractivity contribution is 6.01. The summed E-state index contributed by atoms with van der Waals surface area (Å²) in [7, 11) is 0. The number of carbonyl (C=O) groups excluding carboxylic acids is 1. The average Bonchev–Trinajstić information content (AvgIpc) is 3.05. The Kier molecular flexibility index (Phi) is 5.60. The van der Waals surface area contributed by atoms with Gasteiger partial charge in [0, 0.05) is 11.9 Å². The zero-order valence-corrected chi connectivity index (χ0v) is 16.0. The van der Waals surface area contributed by atoms with Crippen molar-refractivity contribution in [3.05, 3.63) is 36.8 Å². The number of benzene rings is 1. The molecular weight excluding hydrogens is 344 g/mol. The van der Waals surface area contributed by atoms with E-state index in [9.17, 15) is 9.90 Å². The van der Waals surface area contributed by atoms with Gasteiger partial charge >= 0.3 is 6.09 Å². The number of carbonyl (C=O) groups is 1. The van der Waals surface area contributed by atoms with E-state index in [2.05, 4.69) is 15.3 Å². The van der Waals surface area contributed by atoms with Crippen LogP contribution in [0.5, 0.6) is 0 Å². The number of aromatic nitrogens is 3. The molecule has 144 valence electrons. The van der Waals surface area contributed by atoms with Crippen molar-refractivity contribution in [1.29, 1.82) is 0 Å². The maximum absolute atomic E-state index is 11.7. The second-order valence-corrected chi connectivity index (χ2v) is 7.57. The molecule has 3 rings (SSSR count). The van der Waals surface area contributed by atoms with Gasteiger partial charge in [-0.15, -0.1) is 0 Å². The largest absolute Gasteiger partial charge is 0.444 e. The molecule has 1 atom stereocenters. The van der Waals surface area contributed by atoms with Gasteiger partial charge in [0.1, 0.15) is 11.1 Å². The summed E-state index contributed by atoms with van der Waals surface area (Å²) in [5.41, 5.74) is 2.16. The molecule has 0 radical (unpaired) electrons. The summed E-state index contributed by atoms with van der Waals surface area (Å²) < 4.78 is 7.23. The molecule has 0 saturated carbocycles. The summed E-state index contributed by atoms with van der Waals surface area (Å²) in [4.78, 5) is 20.6. The number of pyridine rings is 1. The maximum atomic E-state index is 11.7. The van der Waals surface area contributed by atoms with Gasteiger partial charge in [0.2, 0.25) is 0 Å². The van der Waals surface area contributed by atoms with Crippen molar-refractivity contribution in [2.24, 2.45) is 0 Å². The lowest BCUT2D eigenvalue weighted by Crippen LogP contribution is -2.33. The third-order valence-electron chi connectivity index (χ3n) is 4.29. The molecule has 1 aromatic carbocycles. The Morgan fingerprint density at radius 1 is 1.26 bits per heavy atom. The Balaban J connectivity index is 1.69. The van der Waals surface area contributed by atoms with Crippen LogP contribution in [0.3, 0.4) is 0 Å². The fourth-order valence-corrected chi connectivity index (χ4v) is 3.10. The second kappa shape index (κ2) is 7.92. The van der Waals surface area contributed by atoms with E-state index < -0.39 is 11.7 Å². The molecule has 0 aliphatic carbocycles. The summed E-state index contributed by atoms with van der Waals surface area (Å²) in [6, 6.07) is 7.78. The van der Waals surface area contributed by atoms with Crippen LogP contribution in [-0.4, -0.2) is 44.5 Å². The molecule has 7 nitrogen and oxygen atoms in total. The van der Waals surface area contributed by atoms with Gasteiger partial charge in [-0.2, -0.15) is 0 Å². The number of ether oxygens (including phenoxy) is 1. The average molecular weight is 370 g/mol. The molecule has 27 heavy (non-hydrogen) atoms. The molecule has 7 heteroatoms. The fourth-order valence-electron chi connectivity index (χ4n) is 3.10. The molecule has 0 unspecified atom stereocenters. The van der Waals surface area contributed by atoms with E-state index in [0.717, 1.165) is 21.9 Å². The predicted octanol–water partition coefficient (Wildman–Crippen LogP) is 3.42. The fraction of sp³-hybridized carbons (Fsp3) is 0.450. The van der Waals surface area contributed by atoms with Gasteiger partial charge in [-0.05, 0) is 39.7 Å². The van der Waals surface area contributed by atoms with E-state index >= 15 is 0 Å². The lowest BCUT2D eigenvalue weighted by Gasteiger charge is -2.20. The second-order valence-electron chi connectivity index (χ2n) is 7.57. The third kappa shape index (κ3) is 4.54. The van der Waals surface area contributed by atoms with Gasteiger partial charge in [-0.1, -0.05) is 18.2 Å². The first-order valence-corrected chi connectivity index (χ1v) is 9.17. The zero-order valence-electron chi connectivity index (χ0n) is 16.0. The summed E-state index contributed by atoms with van der Waals surface area (Å²) in [5, 5.41) is 13.7. The highest BCUT2D eigenvalue weighted by Gasteiger charge is 2.17. The number of hydrogen-bond donors (Lipinski definition) is 2. The van der Waals surface area contributed by atoms with E-state index in [1.807, 2.05) is 49.6 Å². The summed E-state index contributed by atoms with van der Waals surface area (Å²) in [5.74, 6) is 0. The van der Waals surface area contributed by atoms with Crippen LogP contribution in [0.15, 0.2) is 36.8 Å². The molecule has 0 fully saturated rings. The van der Waals surface area contributed by atoms with Crippen LogP contribution in [0.25, 0.3) is 21.9 Å². The minimum Gasteiger partial charge on any atom is -0.444 e. The normalized spacial score (nSPS) is 13.0. The first-order valence-electron chi connectivity index (χ1n) is 9.17. The first-order chi connectivity index (χ1) is 12.9. The standard InChI is InChI=1S/C20H26N4O3/c1-20(2,3)27-19(26)21-10-6-7-14(12-25)24-13-23-17-11-22-16-9-5-4-8-15(16)18(17)24/h4-5,8-9,11,13-14,25H,6-7,10,12H2,1-3H3,(H,21,26)/t14-/m0/s1. The van der Waals surface area contributed by atoms with Crippen LogP contribution in [-0.2, 0) is 4.74 Å². The van der Waals surface area contributed by atoms with E-state index in [-0.39, 0.29) is 12.6 Å². The predicted molar refractivity (Wildman–Crippen MR) is 105 cm³/mol. The highest BCUT2D eigenvalue weighted by atomic mass is 16.6. The summed E-state index contributed by atoms with van der Waals surface area (Å²) >= 11 is 0. The Bertz CT molecular complexity index is 930. The van der Waals surface area contributed by atoms with E-state index in [0.29, 0.717) is 19.4 Å². The van der Waals surface area contributed by atoms with Gasteiger partial charge in [0.25, 0.3) is 0 Å². The van der Waals surface area contributed by atoms with Crippen LogP contribution >= 0.6 is 0 Å². The van der Waals surface area contributed by atoms with Crippen molar-refractivity contribution in [3.63, 3.8) is 0 Å². The minimum atomic E-state index is -0.511. The van der Waals surface area contributed by atoms with Gasteiger partial charge in [-0.3, -0.25) is 4.98 Å². The molecule has 0 aliphatic rings. The monoisotopic (exact) mass is 370 g/mol. The van der Waals surface area contributed by atoms with Crippen LogP contribution in [0.2, 0.25) is 0 Å². The van der Waals surface area contributed by atoms with Gasteiger partial charge < -0.3 is 19.7 Å². The number of alkyl carbamates (subject to hydrolysis) is 1. The molecule has 2 N–H and O–H groups in total. The van der Waals surface area contributed by atoms with Crippen molar-refractivity contribution in [2.75, 3.05) is 13.2 Å². The number of amides is 1. The number of nitrogens with one attached hydrogen (secondary N) is 1. The van der Waals surface area contributed by atoms with Crippen LogP contribution < -0.4 is 5.32 Å². The molecular formula is C20H26N4O3. The number of aliphatic hydroxyl groups is 1. The maximum Gasteiger partial charge on any atom is 0.407 e. The lowest BCUT2D eigenvalue weighted by molar-refractivity contribution is 0.0526. The van der Waals surface area contributed by atoms with Gasteiger partial charge in [-0.25, -0.2) is 9.78 Å². The van der Waals surface area contributed by atoms with E-state index in [1.165, 1.54) is 0 Å². The lowest BCUT2D eigenvalue weighted by atomic mass is 10.1. The van der Waals surface area contributed by atoms with Crippen molar-refractivity contribution < 1.29 is 14.6 Å².